The van der Waals surface area contributed by atoms with Gasteiger partial charge in [-0.05, 0) is 6.92 Å². The summed E-state index contributed by atoms with van der Waals surface area (Å²) in [4.78, 5) is 28.6. The fraction of sp³-hybridized carbons (Fsp3) is 0.571. The first-order valence-corrected chi connectivity index (χ1v) is 3.78. The van der Waals surface area contributed by atoms with Gasteiger partial charge < -0.3 is 45.0 Å². The summed E-state index contributed by atoms with van der Waals surface area (Å²) < 4.78 is 0. The molecule has 3 N–H and O–H groups in total. The first-order valence-electron chi connectivity index (χ1n) is 3.78. The molecule has 0 amide bonds. The van der Waals surface area contributed by atoms with E-state index in [2.05, 4.69) is 0 Å². The Balaban J connectivity index is 0. The van der Waals surface area contributed by atoms with E-state index in [-0.39, 0.29) is 0 Å². The van der Waals surface area contributed by atoms with E-state index in [1.807, 2.05) is 0 Å². The SMILES string of the molecule is CC(O)C(=O)[O-].O=C([O-])C(O)C(O)C(=O)[O-]. The highest BCUT2D eigenvalue weighted by Crippen LogP contribution is 1.88. The molecule has 16 heavy (non-hydrogen) atoms. The van der Waals surface area contributed by atoms with Gasteiger partial charge in [-0.15, -0.1) is 0 Å². The quantitative estimate of drug-likeness (QED) is 0.427. The molecule has 0 aliphatic heterocycles. The zero-order valence-electron chi connectivity index (χ0n) is 8.02. The summed E-state index contributed by atoms with van der Waals surface area (Å²) in [7, 11) is 0. The van der Waals surface area contributed by atoms with E-state index < -0.39 is 36.2 Å². The number of rotatable bonds is 4. The average Bonchev–Trinajstić information content (AvgIpc) is 2.15. The number of aliphatic hydroxyl groups excluding tert-OH is 3. The van der Waals surface area contributed by atoms with Gasteiger partial charge in [0.15, 0.2) is 0 Å². The van der Waals surface area contributed by atoms with Crippen LogP contribution in [0, 0.1) is 0 Å². The highest BCUT2D eigenvalue weighted by Gasteiger charge is 2.17. The van der Waals surface area contributed by atoms with Gasteiger partial charge in [0.1, 0.15) is 12.2 Å². The summed E-state index contributed by atoms with van der Waals surface area (Å²) in [5.41, 5.74) is 0. The third-order valence-electron chi connectivity index (χ3n) is 1.12. The first-order chi connectivity index (χ1) is 7.11. The van der Waals surface area contributed by atoms with Crippen LogP contribution in [0.15, 0.2) is 0 Å². The molecular weight excluding hydrogens is 228 g/mol. The average molecular weight is 237 g/mol. The van der Waals surface area contributed by atoms with Crippen LogP contribution in [0.25, 0.3) is 0 Å². The smallest absolute Gasteiger partial charge is 0.124 e. The van der Waals surface area contributed by atoms with Crippen LogP contribution in [-0.4, -0.2) is 51.5 Å². The fourth-order valence-corrected chi connectivity index (χ4v) is 0.258. The van der Waals surface area contributed by atoms with Crippen LogP contribution in [0.5, 0.6) is 0 Å². The molecule has 3 unspecified atom stereocenters. The van der Waals surface area contributed by atoms with Gasteiger partial charge in [0, 0.05) is 0 Å². The van der Waals surface area contributed by atoms with E-state index >= 15 is 0 Å². The van der Waals surface area contributed by atoms with Gasteiger partial charge >= 0.3 is 0 Å². The lowest BCUT2D eigenvalue weighted by Gasteiger charge is -2.18. The minimum atomic E-state index is -2.44. The molecule has 0 saturated heterocycles. The second-order valence-corrected chi connectivity index (χ2v) is 2.52. The fourth-order valence-electron chi connectivity index (χ4n) is 0.258. The third-order valence-corrected chi connectivity index (χ3v) is 1.12. The molecule has 3 atom stereocenters. The van der Waals surface area contributed by atoms with E-state index in [0.29, 0.717) is 0 Å². The van der Waals surface area contributed by atoms with Gasteiger partial charge in [-0.3, -0.25) is 0 Å². The van der Waals surface area contributed by atoms with Crippen molar-refractivity contribution in [1.29, 1.82) is 0 Å². The highest BCUT2D eigenvalue weighted by atomic mass is 16.4. The molecule has 0 aliphatic carbocycles. The Hall–Kier alpha value is -1.71. The van der Waals surface area contributed by atoms with Gasteiger partial charge in [-0.2, -0.15) is 0 Å². The molecule has 9 heteroatoms. The molecule has 0 aromatic heterocycles. The Morgan fingerprint density at radius 2 is 1.00 bits per heavy atom. The van der Waals surface area contributed by atoms with Gasteiger partial charge in [0.2, 0.25) is 0 Å². The molecule has 0 radical (unpaired) electrons. The molecular formula is C7H9O9-3. The number of carboxylic acids is 3. The number of hydrogen-bond acceptors (Lipinski definition) is 9. The summed E-state index contributed by atoms with van der Waals surface area (Å²) in [6.45, 7) is 1.13. The molecule has 0 aromatic rings. The Bertz CT molecular complexity index is 241. The van der Waals surface area contributed by atoms with Crippen LogP contribution in [0.1, 0.15) is 6.92 Å². The Kier molecular flexibility index (Phi) is 7.90. The zero-order chi connectivity index (χ0) is 13.5. The highest BCUT2D eigenvalue weighted by molar-refractivity contribution is 5.80. The minimum Gasteiger partial charge on any atom is -0.547 e. The molecule has 0 fully saturated rings. The summed E-state index contributed by atoms with van der Waals surface area (Å²) >= 11 is 0. The van der Waals surface area contributed by atoms with Crippen LogP contribution in [0.4, 0.5) is 0 Å². The zero-order valence-corrected chi connectivity index (χ0v) is 8.02. The van der Waals surface area contributed by atoms with E-state index in [1.54, 1.807) is 0 Å². The molecule has 0 spiro atoms. The maximum absolute atomic E-state index is 9.63. The molecule has 0 saturated carbocycles. The van der Waals surface area contributed by atoms with Crippen molar-refractivity contribution in [3.05, 3.63) is 0 Å². The van der Waals surface area contributed by atoms with E-state index in [4.69, 9.17) is 15.3 Å². The number of carbonyl (C=O) groups excluding carboxylic acids is 3. The molecule has 9 nitrogen and oxygen atoms in total. The van der Waals surface area contributed by atoms with Crippen molar-refractivity contribution >= 4 is 17.9 Å². The number of aliphatic carboxylic acids is 3. The molecule has 0 heterocycles. The van der Waals surface area contributed by atoms with Crippen molar-refractivity contribution in [2.24, 2.45) is 0 Å². The lowest BCUT2D eigenvalue weighted by Crippen LogP contribution is -2.51. The monoisotopic (exact) mass is 237 g/mol. The summed E-state index contributed by atoms with van der Waals surface area (Å²) in [5, 5.41) is 53.0. The predicted molar refractivity (Wildman–Crippen MR) is 38.7 cm³/mol. The van der Waals surface area contributed by atoms with Crippen LogP contribution in [-0.2, 0) is 14.4 Å². The van der Waals surface area contributed by atoms with Crippen molar-refractivity contribution in [3.63, 3.8) is 0 Å². The second-order valence-electron chi connectivity index (χ2n) is 2.52. The summed E-state index contributed by atoms with van der Waals surface area (Å²) in [6, 6.07) is 0. The van der Waals surface area contributed by atoms with E-state index in [9.17, 15) is 29.7 Å². The van der Waals surface area contributed by atoms with Crippen LogP contribution >= 0.6 is 0 Å². The van der Waals surface area contributed by atoms with E-state index in [0.717, 1.165) is 6.92 Å². The second kappa shape index (κ2) is 7.56. The van der Waals surface area contributed by atoms with Crippen molar-refractivity contribution in [3.8, 4) is 0 Å². The Labute approximate surface area is 89.2 Å². The van der Waals surface area contributed by atoms with Gasteiger partial charge in [0.25, 0.3) is 0 Å². The molecule has 94 valence electrons. The van der Waals surface area contributed by atoms with Gasteiger partial charge in [0.05, 0.1) is 24.0 Å². The van der Waals surface area contributed by atoms with Gasteiger partial charge in [-0.25, -0.2) is 0 Å². The molecule has 0 aromatic carbocycles. The normalized spacial score (nSPS) is 15.0. The molecule has 0 bridgehead atoms. The minimum absolute atomic E-state index is 1.13. The molecule has 0 rings (SSSR count). The van der Waals surface area contributed by atoms with Crippen LogP contribution in [0.2, 0.25) is 0 Å². The Morgan fingerprint density at radius 3 is 1.06 bits per heavy atom. The number of carbonyl (C=O) groups is 3. The number of aliphatic hydroxyl groups is 3. The topological polar surface area (TPSA) is 181 Å². The standard InChI is InChI=1S/C4H6O6.C3H6O3/c5-1(3(7)8)2(6)4(9)10;1-2(4)3(5)6/h1-2,5-6H,(H,7,8)(H,9,10);2,4H,1H3,(H,5,6)/p-3. The van der Waals surface area contributed by atoms with Crippen molar-refractivity contribution < 1.29 is 45.0 Å². The molecule has 0 aliphatic rings. The van der Waals surface area contributed by atoms with Gasteiger partial charge in [-0.1, -0.05) is 0 Å². The van der Waals surface area contributed by atoms with Crippen molar-refractivity contribution in [2.45, 2.75) is 25.2 Å². The van der Waals surface area contributed by atoms with Crippen molar-refractivity contribution in [2.75, 3.05) is 0 Å². The lowest BCUT2D eigenvalue weighted by molar-refractivity contribution is -0.333. The number of hydrogen-bond donors (Lipinski definition) is 3. The van der Waals surface area contributed by atoms with Crippen molar-refractivity contribution in [1.82, 2.24) is 0 Å². The van der Waals surface area contributed by atoms with E-state index in [1.165, 1.54) is 0 Å². The summed E-state index contributed by atoms with van der Waals surface area (Å²) in [5.74, 6) is -5.55. The maximum atomic E-state index is 9.63. The summed E-state index contributed by atoms with van der Waals surface area (Å²) in [6.07, 6.45) is -6.22. The van der Waals surface area contributed by atoms with Crippen LogP contribution in [0.3, 0.4) is 0 Å². The predicted octanol–water partition coefficient (Wildman–Crippen LogP) is -6.67. The first kappa shape index (κ1) is 16.7. The maximum Gasteiger partial charge on any atom is 0.124 e. The largest absolute Gasteiger partial charge is 0.547 e. The lowest BCUT2D eigenvalue weighted by atomic mass is 10.2. The third kappa shape index (κ3) is 7.67. The van der Waals surface area contributed by atoms with Crippen LogP contribution < -0.4 is 15.3 Å². The Morgan fingerprint density at radius 1 is 0.812 bits per heavy atom. The number of carboxylic acid groups (broad SMARTS) is 3.